The minimum atomic E-state index is -1.83. The molecule has 3 aliphatic rings. The summed E-state index contributed by atoms with van der Waals surface area (Å²) in [5.74, 6) is -3.35. The number of ether oxygens (including phenoxy) is 4. The van der Waals surface area contributed by atoms with E-state index in [1.54, 1.807) is 13.8 Å². The lowest BCUT2D eigenvalue weighted by Gasteiger charge is -2.28. The molecule has 9 heteroatoms. The molecular weight excluding hydrogens is 356 g/mol. The molecule has 9 nitrogen and oxygen atoms in total. The van der Waals surface area contributed by atoms with E-state index in [1.807, 2.05) is 0 Å². The van der Waals surface area contributed by atoms with E-state index in [9.17, 15) is 14.7 Å². The summed E-state index contributed by atoms with van der Waals surface area (Å²) in [5, 5.41) is 13.4. The van der Waals surface area contributed by atoms with Crippen molar-refractivity contribution in [1.82, 2.24) is 5.32 Å². The number of nitrogens with two attached hydrogens (primary N) is 1. The van der Waals surface area contributed by atoms with Crippen LogP contribution in [0.4, 0.5) is 0 Å². The van der Waals surface area contributed by atoms with E-state index in [-0.39, 0.29) is 18.4 Å². The zero-order valence-electron chi connectivity index (χ0n) is 16.1. The number of fused-ring (bicyclic) bond motifs is 1. The van der Waals surface area contributed by atoms with Gasteiger partial charge in [0.25, 0.3) is 0 Å². The molecular formula is C18H30N2O7. The van der Waals surface area contributed by atoms with E-state index in [2.05, 4.69) is 5.32 Å². The molecule has 0 radical (unpaired) electrons. The van der Waals surface area contributed by atoms with Crippen LogP contribution in [0.25, 0.3) is 0 Å². The fourth-order valence-corrected chi connectivity index (χ4v) is 4.22. The van der Waals surface area contributed by atoms with Gasteiger partial charge in [-0.15, -0.1) is 0 Å². The normalized spacial score (nSPS) is 40.4. The van der Waals surface area contributed by atoms with Crippen LogP contribution in [0.2, 0.25) is 0 Å². The Morgan fingerprint density at radius 2 is 1.89 bits per heavy atom. The van der Waals surface area contributed by atoms with E-state index in [0.29, 0.717) is 12.5 Å². The van der Waals surface area contributed by atoms with E-state index < -0.39 is 35.9 Å². The van der Waals surface area contributed by atoms with Gasteiger partial charge in [0.05, 0.1) is 7.11 Å². The number of carbonyl (C=O) groups excluding carboxylic acids is 2. The van der Waals surface area contributed by atoms with Gasteiger partial charge in [0, 0.05) is 12.5 Å². The summed E-state index contributed by atoms with van der Waals surface area (Å²) < 4.78 is 21.9. The molecule has 1 amide bonds. The number of methoxy groups -OCH3 is 1. The van der Waals surface area contributed by atoms with Crippen LogP contribution in [0.1, 0.15) is 39.5 Å². The maximum Gasteiger partial charge on any atom is 0.369 e. The summed E-state index contributed by atoms with van der Waals surface area (Å²) in [5.41, 5.74) is 5.69. The highest BCUT2D eigenvalue weighted by Gasteiger charge is 2.69. The lowest BCUT2D eigenvalue weighted by Crippen LogP contribution is -2.48. The predicted molar refractivity (Wildman–Crippen MR) is 93.2 cm³/mol. The lowest BCUT2D eigenvalue weighted by molar-refractivity contribution is -0.263. The second-order valence-corrected chi connectivity index (χ2v) is 8.04. The zero-order valence-corrected chi connectivity index (χ0v) is 16.1. The molecule has 2 aliphatic heterocycles. The molecule has 0 unspecified atom stereocenters. The number of nitrogens with one attached hydrogen (secondary N) is 1. The number of aliphatic hydroxyl groups excluding tert-OH is 1. The number of aliphatic hydroxyl groups is 1. The van der Waals surface area contributed by atoms with Crippen LogP contribution in [0.5, 0.6) is 0 Å². The van der Waals surface area contributed by atoms with E-state index >= 15 is 0 Å². The third kappa shape index (κ3) is 3.84. The highest BCUT2D eigenvalue weighted by Crippen LogP contribution is 2.46. The summed E-state index contributed by atoms with van der Waals surface area (Å²) in [4.78, 5) is 24.7. The minimum absolute atomic E-state index is 0.0548. The number of esters is 1. The van der Waals surface area contributed by atoms with Crippen molar-refractivity contribution in [2.75, 3.05) is 20.2 Å². The first-order valence-electron chi connectivity index (χ1n) is 9.52. The van der Waals surface area contributed by atoms with Crippen LogP contribution in [0, 0.1) is 11.8 Å². The molecule has 0 spiro atoms. The van der Waals surface area contributed by atoms with Gasteiger partial charge in [-0.3, -0.25) is 4.79 Å². The quantitative estimate of drug-likeness (QED) is 0.547. The summed E-state index contributed by atoms with van der Waals surface area (Å²) in [6, 6.07) is 0. The molecule has 4 N–H and O–H groups in total. The van der Waals surface area contributed by atoms with Crippen molar-refractivity contribution in [3.05, 3.63) is 0 Å². The average molecular weight is 386 g/mol. The second-order valence-electron chi connectivity index (χ2n) is 8.04. The third-order valence-electron chi connectivity index (χ3n) is 5.70. The molecule has 27 heavy (non-hydrogen) atoms. The Labute approximate surface area is 158 Å². The van der Waals surface area contributed by atoms with Gasteiger partial charge in [0.2, 0.25) is 5.91 Å². The Morgan fingerprint density at radius 3 is 2.48 bits per heavy atom. The van der Waals surface area contributed by atoms with Gasteiger partial charge in [-0.1, -0.05) is 0 Å². The standard InChI is InChI=1S/C18H30N2O7/c1-17(2)26-14-13(21)12(25-18(14,27-17)16(23)24-3)9-20-15(22)11-6-4-10(8-19)5-7-11/h10-14,21H,4-9,19H2,1-3H3,(H,20,22)/t10?,11?,12-,13+,14-,18+/m0/s1. The molecule has 154 valence electrons. The van der Waals surface area contributed by atoms with Crippen molar-refractivity contribution in [2.24, 2.45) is 17.6 Å². The van der Waals surface area contributed by atoms with Gasteiger partial charge in [-0.05, 0) is 52.0 Å². The van der Waals surface area contributed by atoms with Gasteiger partial charge in [-0.2, -0.15) is 0 Å². The van der Waals surface area contributed by atoms with Crippen LogP contribution < -0.4 is 11.1 Å². The number of hydrogen-bond acceptors (Lipinski definition) is 8. The third-order valence-corrected chi connectivity index (χ3v) is 5.70. The first-order valence-corrected chi connectivity index (χ1v) is 9.52. The maximum absolute atomic E-state index is 12.4. The Hall–Kier alpha value is -1.26. The monoisotopic (exact) mass is 386 g/mol. The van der Waals surface area contributed by atoms with Crippen molar-refractivity contribution < 1.29 is 33.6 Å². The Morgan fingerprint density at radius 1 is 1.22 bits per heavy atom. The average Bonchev–Trinajstić information content (AvgIpc) is 3.08. The van der Waals surface area contributed by atoms with Gasteiger partial charge in [0.15, 0.2) is 11.9 Å². The first-order chi connectivity index (χ1) is 12.7. The van der Waals surface area contributed by atoms with Crippen molar-refractivity contribution in [3.63, 3.8) is 0 Å². The molecule has 4 atom stereocenters. The highest BCUT2D eigenvalue weighted by atomic mass is 16.9. The molecule has 3 fully saturated rings. The fourth-order valence-electron chi connectivity index (χ4n) is 4.22. The zero-order chi connectivity index (χ0) is 19.8. The molecule has 1 saturated carbocycles. The summed E-state index contributed by atoms with van der Waals surface area (Å²) in [6.07, 6.45) is 0.493. The second kappa shape index (κ2) is 7.63. The van der Waals surface area contributed by atoms with Gasteiger partial charge in [-0.25, -0.2) is 4.79 Å². The number of hydrogen-bond donors (Lipinski definition) is 3. The number of amides is 1. The maximum atomic E-state index is 12.4. The molecule has 0 aromatic carbocycles. The SMILES string of the molecule is COC(=O)[C@@]12O[C@@H](CNC(=O)C3CCC(CN)CC3)[C@@H](O)[C@@H]1OC(C)(C)O2. The van der Waals surface area contributed by atoms with E-state index in [4.69, 9.17) is 24.7 Å². The lowest BCUT2D eigenvalue weighted by atomic mass is 9.81. The summed E-state index contributed by atoms with van der Waals surface area (Å²) in [6.45, 7) is 3.96. The van der Waals surface area contributed by atoms with Crippen LogP contribution in [-0.2, 0) is 28.5 Å². The van der Waals surface area contributed by atoms with Crippen molar-refractivity contribution >= 4 is 11.9 Å². The molecule has 0 bridgehead atoms. The largest absolute Gasteiger partial charge is 0.465 e. The molecule has 1 aliphatic carbocycles. The van der Waals surface area contributed by atoms with Gasteiger partial charge < -0.3 is 35.1 Å². The van der Waals surface area contributed by atoms with E-state index in [0.717, 1.165) is 25.7 Å². The van der Waals surface area contributed by atoms with Crippen LogP contribution in [0.3, 0.4) is 0 Å². The molecule has 3 rings (SSSR count). The number of carbonyl (C=O) groups is 2. The molecule has 0 aromatic heterocycles. The van der Waals surface area contributed by atoms with Crippen molar-refractivity contribution in [2.45, 2.75) is 69.4 Å². The Kier molecular flexibility index (Phi) is 5.79. The van der Waals surface area contributed by atoms with Crippen molar-refractivity contribution in [1.29, 1.82) is 0 Å². The minimum Gasteiger partial charge on any atom is -0.465 e. The summed E-state index contributed by atoms with van der Waals surface area (Å²) in [7, 11) is 1.21. The highest BCUT2D eigenvalue weighted by molar-refractivity contribution is 5.80. The molecule has 0 aromatic rings. The Bertz CT molecular complexity index is 576. The van der Waals surface area contributed by atoms with Gasteiger partial charge >= 0.3 is 11.8 Å². The predicted octanol–water partition coefficient (Wildman–Crippen LogP) is -0.352. The van der Waals surface area contributed by atoms with E-state index in [1.165, 1.54) is 7.11 Å². The summed E-state index contributed by atoms with van der Waals surface area (Å²) >= 11 is 0. The first kappa shape index (κ1) is 20.5. The van der Waals surface area contributed by atoms with Crippen LogP contribution >= 0.6 is 0 Å². The topological polar surface area (TPSA) is 129 Å². The van der Waals surface area contributed by atoms with Gasteiger partial charge in [0.1, 0.15) is 12.2 Å². The van der Waals surface area contributed by atoms with Crippen LogP contribution in [0.15, 0.2) is 0 Å². The van der Waals surface area contributed by atoms with Crippen molar-refractivity contribution in [3.8, 4) is 0 Å². The fraction of sp³-hybridized carbons (Fsp3) is 0.889. The number of rotatable bonds is 5. The molecule has 2 saturated heterocycles. The van der Waals surface area contributed by atoms with Crippen LogP contribution in [-0.4, -0.2) is 67.1 Å². The molecule has 2 heterocycles. The smallest absolute Gasteiger partial charge is 0.369 e. The Balaban J connectivity index is 1.59.